The van der Waals surface area contributed by atoms with Gasteiger partial charge in [0.25, 0.3) is 5.91 Å². The highest BCUT2D eigenvalue weighted by atomic mass is 19.1. The predicted molar refractivity (Wildman–Crippen MR) is 96.0 cm³/mol. The number of halogens is 1. The summed E-state index contributed by atoms with van der Waals surface area (Å²) in [6, 6.07) is 12.1. The summed E-state index contributed by atoms with van der Waals surface area (Å²) in [5.74, 6) is -0.709. The van der Waals surface area contributed by atoms with E-state index in [0.717, 1.165) is 0 Å². The van der Waals surface area contributed by atoms with Crippen LogP contribution in [-0.4, -0.2) is 18.0 Å². The Balaban J connectivity index is 2.06. The average Bonchev–Trinajstić information content (AvgIpc) is 2.54. The third-order valence-electron chi connectivity index (χ3n) is 3.52. The number of benzene rings is 2. The zero-order valence-corrected chi connectivity index (χ0v) is 14.5. The van der Waals surface area contributed by atoms with Crippen molar-refractivity contribution >= 4 is 17.6 Å². The maximum absolute atomic E-state index is 13.8. The minimum atomic E-state index is -0.477. The van der Waals surface area contributed by atoms with Crippen LogP contribution in [0.2, 0.25) is 0 Å². The maximum Gasteiger partial charge on any atom is 0.319 e. The first-order valence-electron chi connectivity index (χ1n) is 8.09. The molecule has 0 fully saturated rings. The molecule has 2 aromatic carbocycles. The lowest BCUT2D eigenvalue weighted by molar-refractivity contribution is 0.0939. The van der Waals surface area contributed by atoms with Crippen LogP contribution < -0.4 is 16.0 Å². The second-order valence-electron chi connectivity index (χ2n) is 6.05. The van der Waals surface area contributed by atoms with Gasteiger partial charge in [-0.3, -0.25) is 4.79 Å². The van der Waals surface area contributed by atoms with E-state index in [1.54, 1.807) is 49.4 Å². The number of urea groups is 1. The van der Waals surface area contributed by atoms with E-state index in [1.165, 1.54) is 6.07 Å². The largest absolute Gasteiger partial charge is 0.345 e. The Kier molecular flexibility index (Phi) is 6.11. The van der Waals surface area contributed by atoms with Crippen LogP contribution >= 0.6 is 0 Å². The second-order valence-corrected chi connectivity index (χ2v) is 6.05. The zero-order valence-electron chi connectivity index (χ0n) is 14.5. The van der Waals surface area contributed by atoms with Crippen LogP contribution in [0.1, 0.15) is 42.7 Å². The highest BCUT2D eigenvalue weighted by molar-refractivity contribution is 5.97. The van der Waals surface area contributed by atoms with Crippen molar-refractivity contribution < 1.29 is 14.0 Å². The van der Waals surface area contributed by atoms with E-state index < -0.39 is 6.04 Å². The molecule has 1 unspecified atom stereocenters. The van der Waals surface area contributed by atoms with Crippen molar-refractivity contribution in [3.05, 3.63) is 65.5 Å². The van der Waals surface area contributed by atoms with Crippen molar-refractivity contribution in [3.8, 4) is 0 Å². The molecule has 2 rings (SSSR count). The van der Waals surface area contributed by atoms with Crippen LogP contribution in [-0.2, 0) is 0 Å². The number of rotatable bonds is 5. The van der Waals surface area contributed by atoms with Gasteiger partial charge in [0.05, 0.1) is 6.04 Å². The first-order valence-corrected chi connectivity index (χ1v) is 8.09. The molecule has 0 radical (unpaired) electrons. The number of hydrogen-bond donors (Lipinski definition) is 3. The number of hydrogen-bond acceptors (Lipinski definition) is 2. The van der Waals surface area contributed by atoms with E-state index in [2.05, 4.69) is 16.0 Å². The Labute approximate surface area is 146 Å². The van der Waals surface area contributed by atoms with Gasteiger partial charge in [0, 0.05) is 22.9 Å². The van der Waals surface area contributed by atoms with E-state index in [0.29, 0.717) is 16.8 Å². The molecule has 0 saturated heterocycles. The molecule has 2 aromatic rings. The second kappa shape index (κ2) is 8.28. The first-order chi connectivity index (χ1) is 11.9. The Bertz CT molecular complexity index is 762. The van der Waals surface area contributed by atoms with Gasteiger partial charge in [0.15, 0.2) is 0 Å². The molecule has 0 heterocycles. The smallest absolute Gasteiger partial charge is 0.319 e. The molecule has 5 nitrogen and oxygen atoms in total. The summed E-state index contributed by atoms with van der Waals surface area (Å²) in [7, 11) is 0. The number of amides is 3. The van der Waals surface area contributed by atoms with Crippen LogP contribution in [0.4, 0.5) is 14.9 Å². The van der Waals surface area contributed by atoms with Crippen LogP contribution in [0.5, 0.6) is 0 Å². The summed E-state index contributed by atoms with van der Waals surface area (Å²) in [6.45, 7) is 5.43. The molecule has 3 amide bonds. The molecule has 0 aliphatic rings. The fourth-order valence-corrected chi connectivity index (χ4v) is 2.35. The van der Waals surface area contributed by atoms with Crippen LogP contribution in [0.25, 0.3) is 0 Å². The SMILES string of the molecule is CC(C)NC(=O)Nc1cccc(C(=O)NC(C)c2ccccc2F)c1. The highest BCUT2D eigenvalue weighted by Crippen LogP contribution is 2.17. The van der Waals surface area contributed by atoms with Crippen molar-refractivity contribution in [1.29, 1.82) is 0 Å². The Morgan fingerprint density at radius 2 is 1.68 bits per heavy atom. The van der Waals surface area contributed by atoms with Crippen molar-refractivity contribution in [3.63, 3.8) is 0 Å². The quantitative estimate of drug-likeness (QED) is 0.772. The Hall–Kier alpha value is -2.89. The van der Waals surface area contributed by atoms with Crippen LogP contribution in [0, 0.1) is 5.82 Å². The van der Waals surface area contributed by atoms with E-state index in [-0.39, 0.29) is 23.8 Å². The number of anilines is 1. The minimum absolute atomic E-state index is 0.00750. The molecule has 1 atom stereocenters. The molecule has 3 N–H and O–H groups in total. The van der Waals surface area contributed by atoms with E-state index >= 15 is 0 Å². The lowest BCUT2D eigenvalue weighted by atomic mass is 10.1. The van der Waals surface area contributed by atoms with Crippen molar-refractivity contribution in [2.75, 3.05) is 5.32 Å². The monoisotopic (exact) mass is 343 g/mol. The molecular weight excluding hydrogens is 321 g/mol. The van der Waals surface area contributed by atoms with Crippen molar-refractivity contribution in [2.45, 2.75) is 32.9 Å². The first kappa shape index (κ1) is 18.4. The zero-order chi connectivity index (χ0) is 18.4. The lowest BCUT2D eigenvalue weighted by Crippen LogP contribution is -2.34. The summed E-state index contributed by atoms with van der Waals surface area (Å²) in [6.07, 6.45) is 0. The standard InChI is InChI=1S/C19H22FN3O2/c1-12(2)21-19(25)23-15-8-6-7-14(11-15)18(24)22-13(3)16-9-4-5-10-17(16)20/h4-13H,1-3H3,(H,22,24)(H2,21,23,25). The summed E-state index contributed by atoms with van der Waals surface area (Å²) in [5.41, 5.74) is 1.30. The van der Waals surface area contributed by atoms with Crippen molar-refractivity contribution in [1.82, 2.24) is 10.6 Å². The summed E-state index contributed by atoms with van der Waals surface area (Å²) >= 11 is 0. The van der Waals surface area contributed by atoms with Crippen LogP contribution in [0.15, 0.2) is 48.5 Å². The third kappa shape index (κ3) is 5.31. The van der Waals surface area contributed by atoms with Gasteiger partial charge in [-0.25, -0.2) is 9.18 Å². The molecule has 0 aromatic heterocycles. The molecule has 0 aliphatic heterocycles. The van der Waals surface area contributed by atoms with E-state index in [9.17, 15) is 14.0 Å². The maximum atomic E-state index is 13.8. The molecule has 0 spiro atoms. The number of carbonyl (C=O) groups excluding carboxylic acids is 2. The van der Waals surface area contributed by atoms with Gasteiger partial charge in [-0.05, 0) is 45.0 Å². The Morgan fingerprint density at radius 1 is 0.960 bits per heavy atom. The summed E-state index contributed by atoms with van der Waals surface area (Å²) in [5, 5.41) is 8.14. The van der Waals surface area contributed by atoms with Gasteiger partial charge in [0.2, 0.25) is 0 Å². The predicted octanol–water partition coefficient (Wildman–Crippen LogP) is 3.85. The fraction of sp³-hybridized carbons (Fsp3) is 0.263. The number of nitrogens with one attached hydrogen (secondary N) is 3. The summed E-state index contributed by atoms with van der Waals surface area (Å²) in [4.78, 5) is 24.1. The van der Waals surface area contributed by atoms with E-state index in [1.807, 2.05) is 13.8 Å². The number of carbonyl (C=O) groups is 2. The van der Waals surface area contributed by atoms with Gasteiger partial charge in [-0.2, -0.15) is 0 Å². The normalized spacial score (nSPS) is 11.7. The molecular formula is C19H22FN3O2. The molecule has 25 heavy (non-hydrogen) atoms. The van der Waals surface area contributed by atoms with Gasteiger partial charge >= 0.3 is 6.03 Å². The Morgan fingerprint density at radius 3 is 2.36 bits per heavy atom. The average molecular weight is 343 g/mol. The molecule has 0 saturated carbocycles. The fourth-order valence-electron chi connectivity index (χ4n) is 2.35. The summed E-state index contributed by atoms with van der Waals surface area (Å²) < 4.78 is 13.8. The third-order valence-corrected chi connectivity index (χ3v) is 3.52. The van der Waals surface area contributed by atoms with Crippen LogP contribution in [0.3, 0.4) is 0 Å². The van der Waals surface area contributed by atoms with Gasteiger partial charge in [0.1, 0.15) is 5.82 Å². The molecule has 0 aliphatic carbocycles. The molecule has 6 heteroatoms. The minimum Gasteiger partial charge on any atom is -0.345 e. The molecule has 132 valence electrons. The van der Waals surface area contributed by atoms with Gasteiger partial charge < -0.3 is 16.0 Å². The topological polar surface area (TPSA) is 70.2 Å². The molecule has 0 bridgehead atoms. The van der Waals surface area contributed by atoms with Crippen molar-refractivity contribution in [2.24, 2.45) is 0 Å². The van der Waals surface area contributed by atoms with E-state index in [4.69, 9.17) is 0 Å². The highest BCUT2D eigenvalue weighted by Gasteiger charge is 2.15. The van der Waals surface area contributed by atoms with Gasteiger partial charge in [-0.15, -0.1) is 0 Å². The lowest BCUT2D eigenvalue weighted by Gasteiger charge is -2.16. The van der Waals surface area contributed by atoms with Gasteiger partial charge in [-0.1, -0.05) is 24.3 Å².